The molecular weight excluding hydrogens is 304 g/mol. The standard InChI is InChI=1S/C14H16N4O5/c1-10-12(18(21)22)13(17(16-10)7-8-19)15-14(20)23-9-11-5-3-2-4-6-11/h2-6,19H,7-9H2,1H3,(H,15,20). The summed E-state index contributed by atoms with van der Waals surface area (Å²) in [5.41, 5.74) is 0.606. The molecule has 23 heavy (non-hydrogen) atoms. The number of amides is 1. The van der Waals surface area contributed by atoms with Gasteiger partial charge >= 0.3 is 11.8 Å². The Morgan fingerprint density at radius 2 is 2.13 bits per heavy atom. The number of aliphatic hydroxyl groups is 1. The average molecular weight is 320 g/mol. The van der Waals surface area contributed by atoms with Crippen LogP contribution in [-0.2, 0) is 17.9 Å². The minimum Gasteiger partial charge on any atom is -0.444 e. The van der Waals surface area contributed by atoms with Gasteiger partial charge in [-0.15, -0.1) is 0 Å². The van der Waals surface area contributed by atoms with Crippen LogP contribution in [0.25, 0.3) is 0 Å². The van der Waals surface area contributed by atoms with Crippen LogP contribution in [0.15, 0.2) is 30.3 Å². The highest BCUT2D eigenvalue weighted by Gasteiger charge is 2.27. The Labute approximate surface area is 131 Å². The van der Waals surface area contributed by atoms with E-state index in [1.807, 2.05) is 6.07 Å². The lowest BCUT2D eigenvalue weighted by Gasteiger charge is -2.08. The molecule has 0 unspecified atom stereocenters. The summed E-state index contributed by atoms with van der Waals surface area (Å²) in [6, 6.07) is 9.02. The molecule has 0 atom stereocenters. The summed E-state index contributed by atoms with van der Waals surface area (Å²) in [5, 5.41) is 26.4. The summed E-state index contributed by atoms with van der Waals surface area (Å²) in [5.74, 6) is -0.111. The van der Waals surface area contributed by atoms with E-state index in [0.29, 0.717) is 0 Å². The number of aromatic nitrogens is 2. The first-order valence-corrected chi connectivity index (χ1v) is 6.83. The first kappa shape index (κ1) is 16.4. The molecule has 9 heteroatoms. The predicted molar refractivity (Wildman–Crippen MR) is 81.0 cm³/mol. The maximum atomic E-state index is 11.9. The van der Waals surface area contributed by atoms with Crippen LogP contribution in [-0.4, -0.2) is 32.5 Å². The maximum absolute atomic E-state index is 11.9. The van der Waals surface area contributed by atoms with Gasteiger partial charge in [-0.1, -0.05) is 30.3 Å². The van der Waals surface area contributed by atoms with E-state index >= 15 is 0 Å². The molecule has 0 saturated carbocycles. The molecule has 0 saturated heterocycles. The zero-order chi connectivity index (χ0) is 16.8. The van der Waals surface area contributed by atoms with Crippen molar-refractivity contribution in [2.24, 2.45) is 0 Å². The van der Waals surface area contributed by atoms with E-state index in [1.165, 1.54) is 6.92 Å². The molecule has 1 aromatic carbocycles. The Kier molecular flexibility index (Phi) is 5.26. The second kappa shape index (κ2) is 7.36. The second-order valence-electron chi connectivity index (χ2n) is 4.67. The number of aliphatic hydroxyl groups excluding tert-OH is 1. The van der Waals surface area contributed by atoms with Crippen molar-refractivity contribution in [2.45, 2.75) is 20.1 Å². The number of rotatable bonds is 6. The molecule has 2 aromatic rings. The summed E-state index contributed by atoms with van der Waals surface area (Å²) < 4.78 is 6.20. The van der Waals surface area contributed by atoms with Crippen molar-refractivity contribution in [3.8, 4) is 0 Å². The van der Waals surface area contributed by atoms with Crippen molar-refractivity contribution in [3.63, 3.8) is 0 Å². The number of hydrogen-bond acceptors (Lipinski definition) is 6. The van der Waals surface area contributed by atoms with Gasteiger partial charge in [0.2, 0.25) is 5.82 Å². The van der Waals surface area contributed by atoms with Crippen LogP contribution in [0.5, 0.6) is 0 Å². The van der Waals surface area contributed by atoms with Crippen molar-refractivity contribution in [2.75, 3.05) is 11.9 Å². The fourth-order valence-electron chi connectivity index (χ4n) is 2.03. The summed E-state index contributed by atoms with van der Waals surface area (Å²) in [6.45, 7) is 1.23. The number of nitro groups is 1. The van der Waals surface area contributed by atoms with Gasteiger partial charge in [-0.3, -0.25) is 15.4 Å². The number of anilines is 1. The third-order valence-electron chi connectivity index (χ3n) is 3.02. The van der Waals surface area contributed by atoms with Crippen molar-refractivity contribution in [3.05, 3.63) is 51.7 Å². The molecule has 0 aliphatic heterocycles. The van der Waals surface area contributed by atoms with Crippen molar-refractivity contribution in [1.82, 2.24) is 9.78 Å². The number of carbonyl (C=O) groups excluding carboxylic acids is 1. The van der Waals surface area contributed by atoms with E-state index in [2.05, 4.69) is 10.4 Å². The van der Waals surface area contributed by atoms with Crippen LogP contribution < -0.4 is 5.32 Å². The Morgan fingerprint density at radius 3 is 2.74 bits per heavy atom. The van der Waals surface area contributed by atoms with Gasteiger partial charge in [0, 0.05) is 0 Å². The molecule has 0 aliphatic carbocycles. The molecule has 0 bridgehead atoms. The highest BCUT2D eigenvalue weighted by atomic mass is 16.6. The second-order valence-corrected chi connectivity index (χ2v) is 4.67. The molecule has 0 fully saturated rings. The number of aryl methyl sites for hydroxylation is 1. The van der Waals surface area contributed by atoms with E-state index < -0.39 is 11.0 Å². The van der Waals surface area contributed by atoms with E-state index in [1.54, 1.807) is 24.3 Å². The first-order chi connectivity index (χ1) is 11.0. The quantitative estimate of drug-likeness (QED) is 0.619. The fraction of sp³-hybridized carbons (Fsp3) is 0.286. The smallest absolute Gasteiger partial charge is 0.413 e. The Morgan fingerprint density at radius 1 is 1.43 bits per heavy atom. The normalized spacial score (nSPS) is 10.3. The highest BCUT2D eigenvalue weighted by molar-refractivity contribution is 5.86. The third-order valence-corrected chi connectivity index (χ3v) is 3.02. The molecule has 0 radical (unpaired) electrons. The fourth-order valence-corrected chi connectivity index (χ4v) is 2.03. The zero-order valence-electron chi connectivity index (χ0n) is 12.4. The maximum Gasteiger partial charge on any atom is 0.413 e. The summed E-state index contributed by atoms with van der Waals surface area (Å²) in [6.07, 6.45) is -0.837. The van der Waals surface area contributed by atoms with Crippen LogP contribution in [0.3, 0.4) is 0 Å². The summed E-state index contributed by atoms with van der Waals surface area (Å²) in [4.78, 5) is 22.3. The monoisotopic (exact) mass is 320 g/mol. The predicted octanol–water partition coefficient (Wildman–Crippen LogP) is 1.84. The molecule has 0 aliphatic rings. The number of hydrogen-bond donors (Lipinski definition) is 2. The summed E-state index contributed by atoms with van der Waals surface area (Å²) in [7, 11) is 0. The molecule has 2 N–H and O–H groups in total. The van der Waals surface area contributed by atoms with E-state index in [0.717, 1.165) is 10.2 Å². The molecule has 9 nitrogen and oxygen atoms in total. The van der Waals surface area contributed by atoms with E-state index in [4.69, 9.17) is 9.84 Å². The highest BCUT2D eigenvalue weighted by Crippen LogP contribution is 2.28. The number of nitrogens with zero attached hydrogens (tertiary/aromatic N) is 3. The van der Waals surface area contributed by atoms with Gasteiger partial charge in [-0.25, -0.2) is 9.48 Å². The van der Waals surface area contributed by atoms with Crippen LogP contribution in [0.4, 0.5) is 16.3 Å². The van der Waals surface area contributed by atoms with Gasteiger partial charge in [0.15, 0.2) is 0 Å². The third kappa shape index (κ3) is 4.04. The minimum absolute atomic E-state index is 0.0168. The molecule has 1 aromatic heterocycles. The number of nitrogens with one attached hydrogen (secondary N) is 1. The van der Waals surface area contributed by atoms with Gasteiger partial charge in [0.05, 0.1) is 18.1 Å². The number of carbonyl (C=O) groups is 1. The number of benzene rings is 1. The largest absolute Gasteiger partial charge is 0.444 e. The molecular formula is C14H16N4O5. The minimum atomic E-state index is -0.837. The van der Waals surface area contributed by atoms with Crippen molar-refractivity contribution in [1.29, 1.82) is 0 Å². The van der Waals surface area contributed by atoms with Gasteiger partial charge in [0.25, 0.3) is 0 Å². The van der Waals surface area contributed by atoms with Crippen LogP contribution in [0, 0.1) is 17.0 Å². The van der Waals surface area contributed by atoms with Gasteiger partial charge in [-0.05, 0) is 12.5 Å². The molecule has 122 valence electrons. The lowest BCUT2D eigenvalue weighted by molar-refractivity contribution is -0.384. The number of ether oxygens (including phenoxy) is 1. The average Bonchev–Trinajstić information content (AvgIpc) is 2.82. The van der Waals surface area contributed by atoms with Crippen LogP contribution >= 0.6 is 0 Å². The Hall–Kier alpha value is -2.94. The van der Waals surface area contributed by atoms with Gasteiger partial charge in [-0.2, -0.15) is 5.10 Å². The van der Waals surface area contributed by atoms with Crippen molar-refractivity contribution >= 4 is 17.6 Å². The molecule has 1 heterocycles. The van der Waals surface area contributed by atoms with Gasteiger partial charge < -0.3 is 9.84 Å². The Balaban J connectivity index is 2.11. The molecule has 0 spiro atoms. The first-order valence-electron chi connectivity index (χ1n) is 6.83. The van der Waals surface area contributed by atoms with E-state index in [-0.39, 0.29) is 37.0 Å². The van der Waals surface area contributed by atoms with Crippen LogP contribution in [0.1, 0.15) is 11.3 Å². The lowest BCUT2D eigenvalue weighted by atomic mass is 10.2. The lowest BCUT2D eigenvalue weighted by Crippen LogP contribution is -2.18. The van der Waals surface area contributed by atoms with E-state index in [9.17, 15) is 14.9 Å². The molecule has 1 amide bonds. The SMILES string of the molecule is Cc1nn(CCO)c(NC(=O)OCc2ccccc2)c1[N+](=O)[O-]. The summed E-state index contributed by atoms with van der Waals surface area (Å²) >= 11 is 0. The topological polar surface area (TPSA) is 120 Å². The van der Waals surface area contributed by atoms with Gasteiger partial charge in [0.1, 0.15) is 12.3 Å². The van der Waals surface area contributed by atoms with Crippen LogP contribution in [0.2, 0.25) is 0 Å². The van der Waals surface area contributed by atoms with Crippen molar-refractivity contribution < 1.29 is 19.6 Å². The zero-order valence-corrected chi connectivity index (χ0v) is 12.4. The molecule has 2 rings (SSSR count). The Bertz CT molecular complexity index is 699.